The Balaban J connectivity index is 2.38. The Morgan fingerprint density at radius 3 is 2.57 bits per heavy atom. The Morgan fingerprint density at radius 2 is 2.00 bits per heavy atom. The number of nitrogens with zero attached hydrogens (tertiary/aromatic N) is 1. The molecule has 1 aromatic rings. The normalized spacial score (nSPS) is 19.7. The second-order valence-electron chi connectivity index (χ2n) is 7.34. The number of halogens is 3. The number of terminal acetylenes is 1. The highest BCUT2D eigenvalue weighted by atomic mass is 32.2. The molecule has 2 atom stereocenters. The molecular formula is C20H25F3N2O4S. The summed E-state index contributed by atoms with van der Waals surface area (Å²) in [5.41, 5.74) is -0.229. The van der Waals surface area contributed by atoms with Crippen LogP contribution in [0, 0.1) is 18.3 Å². The van der Waals surface area contributed by atoms with Gasteiger partial charge in [0.25, 0.3) is 5.91 Å². The molecule has 0 radical (unpaired) electrons. The lowest BCUT2D eigenvalue weighted by molar-refractivity contribution is -0.139. The van der Waals surface area contributed by atoms with Crippen LogP contribution < -0.4 is 9.46 Å². The molecule has 0 aromatic heterocycles. The number of alkyl halides is 3. The summed E-state index contributed by atoms with van der Waals surface area (Å²) >= 11 is 0. The summed E-state index contributed by atoms with van der Waals surface area (Å²) in [4.78, 5) is 12.7. The molecule has 1 fully saturated rings. The van der Waals surface area contributed by atoms with Gasteiger partial charge in [0.15, 0.2) is 0 Å². The molecule has 2 rings (SSSR count). The average molecular weight is 446 g/mol. The molecule has 30 heavy (non-hydrogen) atoms. The average Bonchev–Trinajstić information content (AvgIpc) is 2.67. The van der Waals surface area contributed by atoms with Gasteiger partial charge in [-0.3, -0.25) is 4.79 Å². The summed E-state index contributed by atoms with van der Waals surface area (Å²) in [6.45, 7) is -0.148. The molecule has 6 nitrogen and oxygen atoms in total. The monoisotopic (exact) mass is 446 g/mol. The molecule has 0 spiro atoms. The van der Waals surface area contributed by atoms with Crippen molar-refractivity contribution in [1.82, 2.24) is 9.62 Å². The van der Waals surface area contributed by atoms with Crippen LogP contribution in [-0.4, -0.2) is 51.6 Å². The number of carbonyl (C=O) groups excluding carboxylic acids is 1. The fourth-order valence-corrected chi connectivity index (χ4v) is 5.06. The van der Waals surface area contributed by atoms with E-state index >= 15 is 0 Å². The van der Waals surface area contributed by atoms with Gasteiger partial charge in [0.1, 0.15) is 17.2 Å². The minimum atomic E-state index is -4.65. The van der Waals surface area contributed by atoms with E-state index in [1.165, 1.54) is 19.2 Å². The molecule has 1 amide bonds. The highest BCUT2D eigenvalue weighted by Gasteiger charge is 2.34. The van der Waals surface area contributed by atoms with Crippen molar-refractivity contribution in [2.75, 3.05) is 20.2 Å². The van der Waals surface area contributed by atoms with Gasteiger partial charge in [-0.15, -0.1) is 6.42 Å². The lowest BCUT2D eigenvalue weighted by Gasteiger charge is -2.29. The van der Waals surface area contributed by atoms with E-state index < -0.39 is 35.2 Å². The van der Waals surface area contributed by atoms with E-state index in [0.29, 0.717) is 11.3 Å². The van der Waals surface area contributed by atoms with Crippen molar-refractivity contribution in [3.8, 4) is 18.1 Å². The van der Waals surface area contributed by atoms with E-state index in [0.717, 1.165) is 25.3 Å². The Kier molecular flexibility index (Phi) is 7.77. The van der Waals surface area contributed by atoms with E-state index in [-0.39, 0.29) is 28.2 Å². The maximum Gasteiger partial charge on any atom is 0.406 e. The molecule has 10 heteroatoms. The first-order chi connectivity index (χ1) is 14.0. The number of rotatable bonds is 7. The van der Waals surface area contributed by atoms with Crippen LogP contribution in [0.15, 0.2) is 23.1 Å². The van der Waals surface area contributed by atoms with Crippen molar-refractivity contribution < 1.29 is 31.1 Å². The molecule has 1 aliphatic rings. The number of amides is 1. The van der Waals surface area contributed by atoms with Gasteiger partial charge in [0, 0.05) is 11.6 Å². The Hall–Kier alpha value is -2.25. The summed E-state index contributed by atoms with van der Waals surface area (Å²) in [5.74, 6) is 1.13. The number of nitrogens with one attached hydrogen (secondary N) is 1. The zero-order chi connectivity index (χ0) is 22.5. The largest absolute Gasteiger partial charge is 0.495 e. The third kappa shape index (κ3) is 6.12. The molecule has 1 N–H and O–H groups in total. The fourth-order valence-electron chi connectivity index (χ4n) is 3.48. The number of benzene rings is 1. The summed E-state index contributed by atoms with van der Waals surface area (Å²) < 4.78 is 72.2. The van der Waals surface area contributed by atoms with Crippen LogP contribution in [0.4, 0.5) is 13.2 Å². The summed E-state index contributed by atoms with van der Waals surface area (Å²) in [5, 5.41) is 0. The van der Waals surface area contributed by atoms with Gasteiger partial charge in [-0.1, -0.05) is 25.7 Å². The number of methoxy groups -OCH3 is 1. The lowest BCUT2D eigenvalue weighted by Crippen LogP contribution is -2.41. The Bertz CT molecular complexity index is 910. The van der Waals surface area contributed by atoms with Gasteiger partial charge in [-0.25, -0.2) is 13.1 Å². The van der Waals surface area contributed by atoms with E-state index in [2.05, 4.69) is 4.72 Å². The molecule has 0 aliphatic heterocycles. The van der Waals surface area contributed by atoms with Crippen molar-refractivity contribution in [1.29, 1.82) is 0 Å². The molecular weight excluding hydrogens is 421 g/mol. The predicted octanol–water partition coefficient (Wildman–Crippen LogP) is 3.19. The Labute approximate surface area is 174 Å². The fraction of sp³-hybridized carbons (Fsp3) is 0.550. The van der Waals surface area contributed by atoms with Crippen molar-refractivity contribution in [2.24, 2.45) is 5.92 Å². The molecule has 0 bridgehead atoms. The second-order valence-corrected chi connectivity index (χ2v) is 9.02. The quantitative estimate of drug-likeness (QED) is 0.653. The van der Waals surface area contributed by atoms with Gasteiger partial charge in [-0.05, 0) is 37.0 Å². The molecule has 0 heterocycles. The molecule has 1 aliphatic carbocycles. The topological polar surface area (TPSA) is 75.7 Å². The van der Waals surface area contributed by atoms with Crippen LogP contribution >= 0.6 is 0 Å². The van der Waals surface area contributed by atoms with Crippen molar-refractivity contribution >= 4 is 15.9 Å². The molecule has 166 valence electrons. The maximum absolute atomic E-state index is 13.0. The van der Waals surface area contributed by atoms with E-state index in [1.54, 1.807) is 0 Å². The highest BCUT2D eigenvalue weighted by molar-refractivity contribution is 7.89. The van der Waals surface area contributed by atoms with Crippen LogP contribution in [0.5, 0.6) is 5.75 Å². The number of ether oxygens (including phenoxy) is 1. The summed E-state index contributed by atoms with van der Waals surface area (Å²) in [6, 6.07) is 3.21. The molecule has 2 unspecified atom stereocenters. The first kappa shape index (κ1) is 24.0. The zero-order valence-electron chi connectivity index (χ0n) is 16.8. The Morgan fingerprint density at radius 1 is 1.33 bits per heavy atom. The second kappa shape index (κ2) is 9.71. The number of carbonyl (C=O) groups is 1. The van der Waals surface area contributed by atoms with Crippen molar-refractivity contribution in [3.05, 3.63) is 23.8 Å². The minimum absolute atomic E-state index is 0.0122. The van der Waals surface area contributed by atoms with Gasteiger partial charge < -0.3 is 9.64 Å². The van der Waals surface area contributed by atoms with Gasteiger partial charge in [0.05, 0.1) is 13.7 Å². The number of sulfonamides is 1. The number of hydrogen-bond donors (Lipinski definition) is 1. The van der Waals surface area contributed by atoms with Gasteiger partial charge in [-0.2, -0.15) is 13.2 Å². The molecule has 1 saturated carbocycles. The SMILES string of the molecule is C#CCN(CC(F)(F)F)C(=O)c1ccc(OC)c(S(=O)(=O)NC2CCCCC2C)c1. The minimum Gasteiger partial charge on any atom is -0.495 e. The van der Waals surface area contributed by atoms with E-state index in [1.807, 2.05) is 12.8 Å². The van der Waals surface area contributed by atoms with Crippen LogP contribution in [0.1, 0.15) is 43.0 Å². The first-order valence-electron chi connectivity index (χ1n) is 9.48. The van der Waals surface area contributed by atoms with Gasteiger partial charge in [0.2, 0.25) is 10.0 Å². The third-order valence-corrected chi connectivity index (χ3v) is 6.57. The molecule has 1 aromatic carbocycles. The third-order valence-electron chi connectivity index (χ3n) is 5.06. The first-order valence-corrected chi connectivity index (χ1v) is 11.0. The maximum atomic E-state index is 13.0. The molecule has 0 saturated heterocycles. The van der Waals surface area contributed by atoms with E-state index in [4.69, 9.17) is 11.2 Å². The zero-order valence-corrected chi connectivity index (χ0v) is 17.6. The number of hydrogen-bond acceptors (Lipinski definition) is 4. The predicted molar refractivity (Wildman–Crippen MR) is 106 cm³/mol. The highest BCUT2D eigenvalue weighted by Crippen LogP contribution is 2.29. The van der Waals surface area contributed by atoms with Gasteiger partial charge >= 0.3 is 6.18 Å². The van der Waals surface area contributed by atoms with E-state index in [9.17, 15) is 26.4 Å². The van der Waals surface area contributed by atoms with Crippen molar-refractivity contribution in [3.63, 3.8) is 0 Å². The summed E-state index contributed by atoms with van der Waals surface area (Å²) in [7, 11) is -2.80. The van der Waals surface area contributed by atoms with Crippen LogP contribution in [-0.2, 0) is 10.0 Å². The van der Waals surface area contributed by atoms with Crippen molar-refractivity contribution in [2.45, 2.75) is 49.7 Å². The van der Waals surface area contributed by atoms with Crippen LogP contribution in [0.25, 0.3) is 0 Å². The standard InChI is InChI=1S/C20H25F3N2O4S/c1-4-11-25(13-20(21,22)23)19(26)15-9-10-17(29-3)18(12-15)30(27,28)24-16-8-6-5-7-14(16)2/h1,9-10,12,14,16,24H,5-8,11,13H2,2-3H3. The smallest absolute Gasteiger partial charge is 0.406 e. The van der Waals surface area contributed by atoms with Crippen LogP contribution in [0.2, 0.25) is 0 Å². The lowest BCUT2D eigenvalue weighted by atomic mass is 9.87. The van der Waals surface area contributed by atoms with Crippen LogP contribution in [0.3, 0.4) is 0 Å². The summed E-state index contributed by atoms with van der Waals surface area (Å²) in [6.07, 6.45) is 3.94.